The number of hydrogen-bond donors (Lipinski definition) is 1. The summed E-state index contributed by atoms with van der Waals surface area (Å²) in [6, 6.07) is 13.0. The second kappa shape index (κ2) is 5.85. The molecule has 2 aromatic rings. The molecule has 1 amide bonds. The van der Waals surface area contributed by atoms with Gasteiger partial charge in [0.15, 0.2) is 0 Å². The van der Waals surface area contributed by atoms with Crippen molar-refractivity contribution < 1.29 is 9.18 Å². The summed E-state index contributed by atoms with van der Waals surface area (Å²) in [4.78, 5) is 13.9. The fourth-order valence-corrected chi connectivity index (χ4v) is 2.80. The summed E-state index contributed by atoms with van der Waals surface area (Å²) >= 11 is 3.22. The van der Waals surface area contributed by atoms with Gasteiger partial charge in [-0.3, -0.25) is 4.79 Å². The number of halogens is 2. The zero-order valence-corrected chi connectivity index (χ0v) is 12.9. The van der Waals surface area contributed by atoms with E-state index < -0.39 is 0 Å². The van der Waals surface area contributed by atoms with Gasteiger partial charge >= 0.3 is 0 Å². The number of nitrogens with one attached hydrogen (secondary N) is 1. The SMILES string of the molecule is O=C1CCCN(c2ccccc2)c2cc(Br)c(F)cc2N1. The highest BCUT2D eigenvalue weighted by Gasteiger charge is 2.20. The lowest BCUT2D eigenvalue weighted by atomic mass is 10.1. The predicted molar refractivity (Wildman–Crippen MR) is 85.4 cm³/mol. The zero-order valence-electron chi connectivity index (χ0n) is 11.3. The molecule has 0 unspecified atom stereocenters. The molecule has 0 bridgehead atoms. The third kappa shape index (κ3) is 2.93. The Labute approximate surface area is 130 Å². The van der Waals surface area contributed by atoms with Crippen LogP contribution in [0.15, 0.2) is 46.9 Å². The van der Waals surface area contributed by atoms with Gasteiger partial charge < -0.3 is 10.2 Å². The quantitative estimate of drug-likeness (QED) is 0.825. The fourth-order valence-electron chi connectivity index (χ4n) is 2.47. The molecule has 108 valence electrons. The molecule has 5 heteroatoms. The number of nitrogens with zero attached hydrogens (tertiary/aromatic N) is 1. The molecule has 0 atom stereocenters. The van der Waals surface area contributed by atoms with Gasteiger partial charge in [0.1, 0.15) is 5.82 Å². The van der Waals surface area contributed by atoms with E-state index in [4.69, 9.17) is 0 Å². The van der Waals surface area contributed by atoms with Gasteiger partial charge in [-0.05, 0) is 40.5 Å². The van der Waals surface area contributed by atoms with Crippen LogP contribution in [0.5, 0.6) is 0 Å². The molecule has 21 heavy (non-hydrogen) atoms. The van der Waals surface area contributed by atoms with Gasteiger partial charge in [-0.15, -0.1) is 0 Å². The summed E-state index contributed by atoms with van der Waals surface area (Å²) in [6.07, 6.45) is 1.18. The number of amides is 1. The van der Waals surface area contributed by atoms with Gasteiger partial charge in [0.25, 0.3) is 0 Å². The molecule has 0 saturated heterocycles. The average Bonchev–Trinajstić information content (AvgIpc) is 2.47. The van der Waals surface area contributed by atoms with Gasteiger partial charge in [-0.1, -0.05) is 18.2 Å². The first-order chi connectivity index (χ1) is 10.1. The highest BCUT2D eigenvalue weighted by atomic mass is 79.9. The van der Waals surface area contributed by atoms with Crippen LogP contribution in [0.4, 0.5) is 21.5 Å². The number of carbonyl (C=O) groups is 1. The van der Waals surface area contributed by atoms with E-state index in [0.717, 1.165) is 17.8 Å². The molecular weight excluding hydrogens is 335 g/mol. The molecule has 1 aliphatic rings. The van der Waals surface area contributed by atoms with Crippen molar-refractivity contribution in [2.24, 2.45) is 0 Å². The largest absolute Gasteiger partial charge is 0.340 e. The van der Waals surface area contributed by atoms with Crippen LogP contribution >= 0.6 is 15.9 Å². The molecule has 3 rings (SSSR count). The number of anilines is 3. The molecule has 0 aromatic heterocycles. The van der Waals surface area contributed by atoms with E-state index in [1.54, 1.807) is 6.07 Å². The van der Waals surface area contributed by atoms with Crippen LogP contribution in [-0.2, 0) is 4.79 Å². The number of carbonyl (C=O) groups excluding carboxylic acids is 1. The Morgan fingerprint density at radius 1 is 1.19 bits per heavy atom. The minimum absolute atomic E-state index is 0.0781. The minimum atomic E-state index is -0.386. The van der Waals surface area contributed by atoms with Crippen LogP contribution in [0.1, 0.15) is 12.8 Å². The monoisotopic (exact) mass is 348 g/mol. The van der Waals surface area contributed by atoms with E-state index in [9.17, 15) is 9.18 Å². The van der Waals surface area contributed by atoms with Crippen LogP contribution in [0, 0.1) is 5.82 Å². The Balaban J connectivity index is 2.13. The molecular formula is C16H14BrFN2O. The van der Waals surface area contributed by atoms with Crippen molar-refractivity contribution in [3.8, 4) is 0 Å². The van der Waals surface area contributed by atoms with E-state index in [2.05, 4.69) is 26.1 Å². The van der Waals surface area contributed by atoms with Crippen molar-refractivity contribution in [2.75, 3.05) is 16.8 Å². The van der Waals surface area contributed by atoms with Crippen molar-refractivity contribution in [1.82, 2.24) is 0 Å². The Morgan fingerprint density at radius 2 is 1.95 bits per heavy atom. The molecule has 0 fully saturated rings. The number of hydrogen-bond acceptors (Lipinski definition) is 2. The van der Waals surface area contributed by atoms with Crippen molar-refractivity contribution in [3.05, 3.63) is 52.8 Å². The van der Waals surface area contributed by atoms with Gasteiger partial charge in [-0.2, -0.15) is 0 Å². The summed E-state index contributed by atoms with van der Waals surface area (Å²) in [7, 11) is 0. The highest BCUT2D eigenvalue weighted by Crippen LogP contribution is 2.37. The molecule has 0 aliphatic carbocycles. The predicted octanol–water partition coefficient (Wildman–Crippen LogP) is 4.46. The number of rotatable bonds is 1. The molecule has 3 nitrogen and oxygen atoms in total. The van der Waals surface area contributed by atoms with Gasteiger partial charge in [-0.25, -0.2) is 4.39 Å². The van der Waals surface area contributed by atoms with Crippen molar-refractivity contribution in [1.29, 1.82) is 0 Å². The standard InChI is InChI=1S/C16H14BrFN2O/c17-12-9-15-14(10-13(12)18)19-16(21)7-4-8-20(15)11-5-2-1-3-6-11/h1-3,5-6,9-10H,4,7-8H2,(H,19,21). The summed E-state index contributed by atoms with van der Waals surface area (Å²) in [5.74, 6) is -0.465. The second-order valence-corrected chi connectivity index (χ2v) is 5.78. The van der Waals surface area contributed by atoms with E-state index in [0.29, 0.717) is 23.1 Å². The summed E-state index contributed by atoms with van der Waals surface area (Å²) < 4.78 is 14.2. The topological polar surface area (TPSA) is 32.3 Å². The molecule has 0 spiro atoms. The van der Waals surface area contributed by atoms with Crippen LogP contribution in [0.25, 0.3) is 0 Å². The Morgan fingerprint density at radius 3 is 2.71 bits per heavy atom. The van der Waals surface area contributed by atoms with Crippen molar-refractivity contribution in [2.45, 2.75) is 12.8 Å². The lowest BCUT2D eigenvalue weighted by Gasteiger charge is -2.29. The smallest absolute Gasteiger partial charge is 0.224 e. The van der Waals surface area contributed by atoms with Gasteiger partial charge in [0.2, 0.25) is 5.91 Å². The Kier molecular flexibility index (Phi) is 3.92. The molecule has 1 N–H and O–H groups in total. The second-order valence-electron chi connectivity index (χ2n) is 4.92. The maximum atomic E-state index is 13.8. The molecule has 0 saturated carbocycles. The van der Waals surface area contributed by atoms with Crippen LogP contribution in [-0.4, -0.2) is 12.5 Å². The number of benzene rings is 2. The first kappa shape index (κ1) is 14.1. The zero-order chi connectivity index (χ0) is 14.8. The van der Waals surface area contributed by atoms with E-state index >= 15 is 0 Å². The number of fused-ring (bicyclic) bond motifs is 1. The molecule has 2 aromatic carbocycles. The van der Waals surface area contributed by atoms with Gasteiger partial charge in [0.05, 0.1) is 15.8 Å². The van der Waals surface area contributed by atoms with E-state index in [1.807, 2.05) is 30.3 Å². The third-order valence-corrected chi connectivity index (χ3v) is 4.06. The first-order valence-electron chi connectivity index (χ1n) is 6.76. The maximum absolute atomic E-state index is 13.8. The molecule has 1 heterocycles. The van der Waals surface area contributed by atoms with Gasteiger partial charge in [0, 0.05) is 24.7 Å². The summed E-state index contributed by atoms with van der Waals surface area (Å²) in [5.41, 5.74) is 2.32. The average molecular weight is 349 g/mol. The Hall–Kier alpha value is -1.88. The third-order valence-electron chi connectivity index (χ3n) is 3.46. The van der Waals surface area contributed by atoms with E-state index in [1.165, 1.54) is 6.07 Å². The summed E-state index contributed by atoms with van der Waals surface area (Å²) in [6.45, 7) is 0.711. The molecule has 1 aliphatic heterocycles. The summed E-state index contributed by atoms with van der Waals surface area (Å²) in [5, 5.41) is 2.79. The normalized spacial score (nSPS) is 15.0. The number of para-hydroxylation sites is 1. The van der Waals surface area contributed by atoms with Crippen LogP contribution in [0.3, 0.4) is 0 Å². The fraction of sp³-hybridized carbons (Fsp3) is 0.188. The van der Waals surface area contributed by atoms with Crippen LogP contribution < -0.4 is 10.2 Å². The Bertz CT molecular complexity index is 675. The van der Waals surface area contributed by atoms with Crippen molar-refractivity contribution >= 4 is 38.9 Å². The minimum Gasteiger partial charge on any atom is -0.340 e. The first-order valence-corrected chi connectivity index (χ1v) is 7.56. The lowest BCUT2D eigenvalue weighted by molar-refractivity contribution is -0.116. The van der Waals surface area contributed by atoms with Crippen LogP contribution in [0.2, 0.25) is 0 Å². The highest BCUT2D eigenvalue weighted by molar-refractivity contribution is 9.10. The van der Waals surface area contributed by atoms with Crippen molar-refractivity contribution in [3.63, 3.8) is 0 Å². The maximum Gasteiger partial charge on any atom is 0.224 e. The van der Waals surface area contributed by atoms with E-state index in [-0.39, 0.29) is 11.7 Å². The molecule has 0 radical (unpaired) electrons. The lowest BCUT2D eigenvalue weighted by Crippen LogP contribution is -2.25.